The third-order valence-corrected chi connectivity index (χ3v) is 5.63. The molecular weight excluding hydrogens is 344 g/mol. The van der Waals surface area contributed by atoms with E-state index in [0.717, 1.165) is 57.5 Å². The van der Waals surface area contributed by atoms with Gasteiger partial charge in [-0.15, -0.1) is 0 Å². The summed E-state index contributed by atoms with van der Waals surface area (Å²) in [5.74, 6) is 0.00979. The average molecular weight is 374 g/mol. The quantitative estimate of drug-likeness (QED) is 0.751. The molecule has 7 nitrogen and oxygen atoms in total. The molecule has 1 heterocycles. The topological polar surface area (TPSA) is 84.9 Å². The molecule has 7 heteroatoms. The number of aromatic hydroxyl groups is 1. The second-order valence-electron chi connectivity index (χ2n) is 7.51. The van der Waals surface area contributed by atoms with Crippen LogP contribution >= 0.6 is 0 Å². The summed E-state index contributed by atoms with van der Waals surface area (Å²) in [7, 11) is 0. The zero-order chi connectivity index (χ0) is 19.2. The maximum absolute atomic E-state index is 12.4. The number of benzene rings is 1. The molecule has 0 radical (unpaired) electrons. The van der Waals surface area contributed by atoms with Crippen LogP contribution in [0.3, 0.4) is 0 Å². The first-order valence-corrected chi connectivity index (χ1v) is 9.92. The number of piperazine rings is 1. The fourth-order valence-corrected chi connectivity index (χ4v) is 3.88. The van der Waals surface area contributed by atoms with E-state index >= 15 is 0 Å². The molecule has 0 spiro atoms. The average Bonchev–Trinajstić information content (AvgIpc) is 2.69. The van der Waals surface area contributed by atoms with E-state index in [0.29, 0.717) is 0 Å². The van der Waals surface area contributed by atoms with Crippen LogP contribution in [0, 0.1) is 0 Å². The highest BCUT2D eigenvalue weighted by Crippen LogP contribution is 2.20. The fraction of sp³-hybridized carbons (Fsp3) is 0.600. The lowest BCUT2D eigenvalue weighted by molar-refractivity contribution is -0.124. The van der Waals surface area contributed by atoms with E-state index < -0.39 is 0 Å². The van der Waals surface area contributed by atoms with Crippen molar-refractivity contribution in [3.63, 3.8) is 0 Å². The van der Waals surface area contributed by atoms with Crippen LogP contribution in [0.1, 0.15) is 39.0 Å². The molecule has 3 amide bonds. The Morgan fingerprint density at radius 3 is 2.30 bits per heavy atom. The number of hydrogen-bond acceptors (Lipinski definition) is 5. The molecule has 1 aromatic rings. The predicted octanol–water partition coefficient (Wildman–Crippen LogP) is 2.06. The second-order valence-corrected chi connectivity index (χ2v) is 7.51. The van der Waals surface area contributed by atoms with Crippen molar-refractivity contribution in [3.8, 4) is 5.75 Å². The molecule has 27 heavy (non-hydrogen) atoms. The number of hydrogen-bond donors (Lipinski definition) is 3. The van der Waals surface area contributed by atoms with Crippen LogP contribution < -0.4 is 15.5 Å². The molecule has 1 saturated carbocycles. The summed E-state index contributed by atoms with van der Waals surface area (Å²) in [6.45, 7) is 4.95. The van der Waals surface area contributed by atoms with Crippen molar-refractivity contribution in [1.82, 2.24) is 15.5 Å². The number of phenolic OH excluding ortho intramolecular Hbond substituents is 1. The predicted molar refractivity (Wildman–Crippen MR) is 105 cm³/mol. The summed E-state index contributed by atoms with van der Waals surface area (Å²) in [5.41, 5.74) is 1.07. The SMILES string of the molecule is C[C@@H](C(=O)NC(=O)NC1CCCCC1)N1CCN(c2ccc(O)cc2)CC1. The van der Waals surface area contributed by atoms with E-state index in [4.69, 9.17) is 0 Å². The van der Waals surface area contributed by atoms with Crippen molar-refractivity contribution >= 4 is 17.6 Å². The molecule has 0 aromatic heterocycles. The van der Waals surface area contributed by atoms with Crippen molar-refractivity contribution in [2.45, 2.75) is 51.1 Å². The number of carbonyl (C=O) groups is 2. The van der Waals surface area contributed by atoms with Crippen molar-refractivity contribution in [1.29, 1.82) is 0 Å². The third kappa shape index (κ3) is 5.35. The van der Waals surface area contributed by atoms with Crippen LogP contribution in [0.2, 0.25) is 0 Å². The summed E-state index contributed by atoms with van der Waals surface area (Å²) in [6, 6.07) is 6.64. The van der Waals surface area contributed by atoms with E-state index in [1.807, 2.05) is 19.1 Å². The molecule has 0 unspecified atom stereocenters. The Morgan fingerprint density at radius 1 is 1.04 bits per heavy atom. The standard InChI is InChI=1S/C20H30N4O3/c1-15(19(26)22-20(27)21-16-5-3-2-4-6-16)23-11-13-24(14-12-23)17-7-9-18(25)10-8-17/h7-10,15-16,25H,2-6,11-14H2,1H3,(H2,21,22,26,27)/t15-/m0/s1. The molecule has 1 aliphatic heterocycles. The number of rotatable bonds is 4. The van der Waals surface area contributed by atoms with Crippen molar-refractivity contribution in [2.75, 3.05) is 31.1 Å². The van der Waals surface area contributed by atoms with E-state index in [9.17, 15) is 14.7 Å². The van der Waals surface area contributed by atoms with Crippen LogP contribution in [-0.4, -0.2) is 60.2 Å². The molecular formula is C20H30N4O3. The minimum atomic E-state index is -0.374. The van der Waals surface area contributed by atoms with Crippen LogP contribution in [0.4, 0.5) is 10.5 Å². The fourth-order valence-electron chi connectivity index (χ4n) is 3.88. The molecule has 1 aromatic carbocycles. The third-order valence-electron chi connectivity index (χ3n) is 5.63. The van der Waals surface area contributed by atoms with Crippen LogP contribution in [0.5, 0.6) is 5.75 Å². The summed E-state index contributed by atoms with van der Waals surface area (Å²) >= 11 is 0. The normalized spacial score (nSPS) is 20.1. The van der Waals surface area contributed by atoms with Crippen LogP contribution in [-0.2, 0) is 4.79 Å². The Labute approximate surface area is 160 Å². The van der Waals surface area contributed by atoms with Gasteiger partial charge in [0.15, 0.2) is 0 Å². The summed E-state index contributed by atoms with van der Waals surface area (Å²) in [5, 5.41) is 14.8. The number of nitrogens with one attached hydrogen (secondary N) is 2. The first kappa shape index (κ1) is 19.5. The molecule has 1 atom stereocenters. The van der Waals surface area contributed by atoms with Crippen LogP contribution in [0.25, 0.3) is 0 Å². The van der Waals surface area contributed by atoms with Gasteiger partial charge in [0.25, 0.3) is 0 Å². The number of urea groups is 1. The van der Waals surface area contributed by atoms with E-state index in [1.54, 1.807) is 12.1 Å². The first-order chi connectivity index (χ1) is 13.0. The summed E-state index contributed by atoms with van der Waals surface area (Å²) in [6.07, 6.45) is 5.50. The monoisotopic (exact) mass is 374 g/mol. The Balaban J connectivity index is 1.43. The highest BCUT2D eigenvalue weighted by Gasteiger charge is 2.27. The lowest BCUT2D eigenvalue weighted by Gasteiger charge is -2.38. The van der Waals surface area contributed by atoms with Gasteiger partial charge >= 0.3 is 6.03 Å². The smallest absolute Gasteiger partial charge is 0.321 e. The van der Waals surface area contributed by atoms with Gasteiger partial charge in [-0.25, -0.2) is 4.79 Å². The van der Waals surface area contributed by atoms with E-state index in [2.05, 4.69) is 20.4 Å². The van der Waals surface area contributed by atoms with Gasteiger partial charge in [-0.05, 0) is 44.0 Å². The van der Waals surface area contributed by atoms with Gasteiger partial charge < -0.3 is 15.3 Å². The molecule has 1 saturated heterocycles. The Morgan fingerprint density at radius 2 is 1.67 bits per heavy atom. The molecule has 3 rings (SSSR count). The first-order valence-electron chi connectivity index (χ1n) is 9.92. The zero-order valence-corrected chi connectivity index (χ0v) is 16.0. The van der Waals surface area contributed by atoms with Crippen molar-refractivity contribution in [2.24, 2.45) is 0 Å². The number of amides is 3. The number of anilines is 1. The molecule has 2 aliphatic rings. The van der Waals surface area contributed by atoms with E-state index in [1.165, 1.54) is 6.42 Å². The minimum Gasteiger partial charge on any atom is -0.508 e. The Hall–Kier alpha value is -2.28. The van der Waals surface area contributed by atoms with Gasteiger partial charge in [-0.1, -0.05) is 19.3 Å². The van der Waals surface area contributed by atoms with Gasteiger partial charge in [-0.2, -0.15) is 0 Å². The zero-order valence-electron chi connectivity index (χ0n) is 16.0. The van der Waals surface area contributed by atoms with Gasteiger partial charge in [0.05, 0.1) is 6.04 Å². The Kier molecular flexibility index (Phi) is 6.55. The van der Waals surface area contributed by atoms with E-state index in [-0.39, 0.29) is 29.8 Å². The number of nitrogens with zero attached hydrogens (tertiary/aromatic N) is 2. The molecule has 148 valence electrons. The van der Waals surface area contributed by atoms with Gasteiger partial charge in [0.1, 0.15) is 5.75 Å². The maximum Gasteiger partial charge on any atom is 0.321 e. The second kappa shape index (κ2) is 9.08. The molecule has 1 aliphatic carbocycles. The highest BCUT2D eigenvalue weighted by atomic mass is 16.3. The van der Waals surface area contributed by atoms with Crippen molar-refractivity contribution < 1.29 is 14.7 Å². The highest BCUT2D eigenvalue weighted by molar-refractivity contribution is 5.96. The lowest BCUT2D eigenvalue weighted by atomic mass is 9.96. The summed E-state index contributed by atoms with van der Waals surface area (Å²) < 4.78 is 0. The summed E-state index contributed by atoms with van der Waals surface area (Å²) in [4.78, 5) is 28.8. The van der Waals surface area contributed by atoms with Gasteiger partial charge in [-0.3, -0.25) is 15.0 Å². The largest absolute Gasteiger partial charge is 0.508 e. The van der Waals surface area contributed by atoms with Gasteiger partial charge in [0, 0.05) is 37.9 Å². The number of phenols is 1. The maximum atomic E-state index is 12.4. The Bertz CT molecular complexity index is 635. The molecule has 2 fully saturated rings. The number of carbonyl (C=O) groups excluding carboxylic acids is 2. The van der Waals surface area contributed by atoms with Crippen LogP contribution in [0.15, 0.2) is 24.3 Å². The van der Waals surface area contributed by atoms with Crippen molar-refractivity contribution in [3.05, 3.63) is 24.3 Å². The molecule has 0 bridgehead atoms. The van der Waals surface area contributed by atoms with Gasteiger partial charge in [0.2, 0.25) is 5.91 Å². The lowest BCUT2D eigenvalue weighted by Crippen LogP contribution is -2.56. The minimum absolute atomic E-state index is 0.190. The molecule has 3 N–H and O–H groups in total. The number of imide groups is 1.